The van der Waals surface area contributed by atoms with Gasteiger partial charge in [0.2, 0.25) is 5.79 Å². The summed E-state index contributed by atoms with van der Waals surface area (Å²) in [5, 5.41) is 6.63. The number of aromatic nitrogens is 2. The molecular formula is C18H26N8. The zero-order valence-electron chi connectivity index (χ0n) is 15.2. The van der Waals surface area contributed by atoms with E-state index in [4.69, 9.17) is 11.5 Å². The molecule has 2 aliphatic heterocycles. The standard InChI is InChI=1S/C18H26N8/c1-11-7-13(9-26-6-5-21-8-12(26)2)3-4-14(11)18(20)24-16(19)15-17(25-18)23-10-22-15/h3-4,7,10,12,21,25H,5-6,8-9,20H2,1-2H3,(H2,19,24)(H,22,23). The lowest BCUT2D eigenvalue weighted by Gasteiger charge is -2.34. The first-order valence-corrected chi connectivity index (χ1v) is 8.97. The fraction of sp³-hybridized carbons (Fsp3) is 0.444. The molecule has 8 heteroatoms. The number of aromatic amines is 1. The highest BCUT2D eigenvalue weighted by molar-refractivity contribution is 6.01. The van der Waals surface area contributed by atoms with Gasteiger partial charge in [0.05, 0.1) is 6.33 Å². The number of amidine groups is 1. The van der Waals surface area contributed by atoms with Crippen LogP contribution in [0.2, 0.25) is 0 Å². The first-order valence-electron chi connectivity index (χ1n) is 8.97. The summed E-state index contributed by atoms with van der Waals surface area (Å²) in [7, 11) is 0. The third-order valence-electron chi connectivity index (χ3n) is 5.23. The largest absolute Gasteiger partial charge is 0.382 e. The predicted octanol–water partition coefficient (Wildman–Crippen LogP) is 0.412. The predicted molar refractivity (Wildman–Crippen MR) is 103 cm³/mol. The van der Waals surface area contributed by atoms with E-state index in [9.17, 15) is 0 Å². The lowest BCUT2D eigenvalue weighted by Crippen LogP contribution is -2.49. The molecular weight excluding hydrogens is 328 g/mol. The van der Waals surface area contributed by atoms with Crippen LogP contribution in [-0.4, -0.2) is 46.4 Å². The van der Waals surface area contributed by atoms with Gasteiger partial charge in [-0.2, -0.15) is 0 Å². The number of aliphatic imine (C=N–C) groups is 1. The number of nitrogens with one attached hydrogen (secondary N) is 3. The Morgan fingerprint density at radius 3 is 3.00 bits per heavy atom. The molecule has 0 radical (unpaired) electrons. The summed E-state index contributed by atoms with van der Waals surface area (Å²) >= 11 is 0. The third-order valence-corrected chi connectivity index (χ3v) is 5.23. The molecule has 2 aliphatic rings. The van der Waals surface area contributed by atoms with E-state index < -0.39 is 5.79 Å². The van der Waals surface area contributed by atoms with Gasteiger partial charge in [-0.1, -0.05) is 18.2 Å². The van der Waals surface area contributed by atoms with E-state index in [0.29, 0.717) is 23.4 Å². The molecule has 0 spiro atoms. The van der Waals surface area contributed by atoms with Crippen LogP contribution in [0.3, 0.4) is 0 Å². The molecule has 2 unspecified atom stereocenters. The van der Waals surface area contributed by atoms with Gasteiger partial charge in [-0.25, -0.2) is 9.98 Å². The fourth-order valence-electron chi connectivity index (χ4n) is 3.77. The summed E-state index contributed by atoms with van der Waals surface area (Å²) in [5.41, 5.74) is 16.5. The van der Waals surface area contributed by atoms with Crippen LogP contribution in [0, 0.1) is 6.92 Å². The van der Waals surface area contributed by atoms with Gasteiger partial charge in [0.1, 0.15) is 5.69 Å². The van der Waals surface area contributed by atoms with Crippen LogP contribution >= 0.6 is 0 Å². The molecule has 4 rings (SSSR count). The number of fused-ring (bicyclic) bond motifs is 1. The van der Waals surface area contributed by atoms with Crippen molar-refractivity contribution in [2.75, 3.05) is 25.0 Å². The Kier molecular flexibility index (Phi) is 4.18. The number of aryl methyl sites for hydroxylation is 1. The number of nitrogens with zero attached hydrogens (tertiary/aromatic N) is 3. The quantitative estimate of drug-likeness (QED) is 0.545. The van der Waals surface area contributed by atoms with E-state index in [0.717, 1.165) is 37.3 Å². The average Bonchev–Trinajstić information content (AvgIpc) is 3.05. The summed E-state index contributed by atoms with van der Waals surface area (Å²) in [4.78, 5) is 14.2. The second-order valence-electron chi connectivity index (χ2n) is 7.19. The van der Waals surface area contributed by atoms with Crippen molar-refractivity contribution in [1.29, 1.82) is 0 Å². The molecule has 26 heavy (non-hydrogen) atoms. The summed E-state index contributed by atoms with van der Waals surface area (Å²) in [6, 6.07) is 6.89. The molecule has 2 atom stereocenters. The van der Waals surface area contributed by atoms with Crippen molar-refractivity contribution in [3.8, 4) is 0 Å². The molecule has 7 N–H and O–H groups in total. The second-order valence-corrected chi connectivity index (χ2v) is 7.19. The van der Waals surface area contributed by atoms with Crippen LogP contribution in [0.4, 0.5) is 5.82 Å². The number of imidazole rings is 1. The number of piperazine rings is 1. The number of hydrogen-bond acceptors (Lipinski definition) is 7. The second kappa shape index (κ2) is 6.39. The van der Waals surface area contributed by atoms with Crippen LogP contribution < -0.4 is 22.1 Å². The van der Waals surface area contributed by atoms with E-state index >= 15 is 0 Å². The number of hydrogen-bond donors (Lipinski definition) is 5. The molecule has 2 aromatic rings. The maximum Gasteiger partial charge on any atom is 0.212 e. The summed E-state index contributed by atoms with van der Waals surface area (Å²) in [5.74, 6) is -0.132. The van der Waals surface area contributed by atoms with E-state index in [1.807, 2.05) is 6.07 Å². The summed E-state index contributed by atoms with van der Waals surface area (Å²) in [6.07, 6.45) is 1.58. The van der Waals surface area contributed by atoms with Gasteiger partial charge in [0, 0.05) is 37.8 Å². The van der Waals surface area contributed by atoms with Gasteiger partial charge < -0.3 is 21.4 Å². The molecule has 1 fully saturated rings. The minimum atomic E-state index is -1.11. The van der Waals surface area contributed by atoms with Gasteiger partial charge in [-0.15, -0.1) is 0 Å². The molecule has 8 nitrogen and oxygen atoms in total. The third kappa shape index (κ3) is 2.96. The van der Waals surface area contributed by atoms with E-state index in [1.165, 1.54) is 5.56 Å². The smallest absolute Gasteiger partial charge is 0.212 e. The minimum Gasteiger partial charge on any atom is -0.382 e. The molecule has 0 bridgehead atoms. The van der Waals surface area contributed by atoms with Crippen LogP contribution in [0.25, 0.3) is 0 Å². The van der Waals surface area contributed by atoms with Crippen LogP contribution in [0.15, 0.2) is 29.5 Å². The maximum absolute atomic E-state index is 6.55. The maximum atomic E-state index is 6.55. The molecule has 0 amide bonds. The normalized spacial score (nSPS) is 26.1. The first kappa shape index (κ1) is 17.0. The SMILES string of the molecule is Cc1cc(CN2CCNCC2C)ccc1C1(N)N=C(N)c2[nH]cnc2N1. The summed E-state index contributed by atoms with van der Waals surface area (Å²) in [6.45, 7) is 8.39. The van der Waals surface area contributed by atoms with E-state index in [2.05, 4.69) is 56.5 Å². The van der Waals surface area contributed by atoms with Crippen molar-refractivity contribution >= 4 is 11.7 Å². The van der Waals surface area contributed by atoms with Gasteiger partial charge in [-0.3, -0.25) is 10.6 Å². The van der Waals surface area contributed by atoms with Crippen LogP contribution in [0.5, 0.6) is 0 Å². The Bertz CT molecular complexity index is 841. The number of H-pyrrole nitrogens is 1. The topological polar surface area (TPSA) is 120 Å². The molecule has 3 heterocycles. The zero-order valence-corrected chi connectivity index (χ0v) is 15.2. The van der Waals surface area contributed by atoms with Crippen molar-refractivity contribution in [3.05, 3.63) is 46.9 Å². The number of benzene rings is 1. The number of nitrogens with two attached hydrogens (primary N) is 2. The van der Waals surface area contributed by atoms with Crippen molar-refractivity contribution < 1.29 is 0 Å². The zero-order chi connectivity index (χ0) is 18.3. The monoisotopic (exact) mass is 354 g/mol. The first-order chi connectivity index (χ1) is 12.5. The van der Waals surface area contributed by atoms with Gasteiger partial charge in [0.25, 0.3) is 0 Å². The van der Waals surface area contributed by atoms with Crippen LogP contribution in [-0.2, 0) is 12.3 Å². The van der Waals surface area contributed by atoms with E-state index in [-0.39, 0.29) is 0 Å². The lowest BCUT2D eigenvalue weighted by molar-refractivity contribution is 0.165. The van der Waals surface area contributed by atoms with Gasteiger partial charge >= 0.3 is 0 Å². The van der Waals surface area contributed by atoms with Gasteiger partial charge in [-0.05, 0) is 25.0 Å². The average molecular weight is 354 g/mol. The van der Waals surface area contributed by atoms with Crippen molar-refractivity contribution in [2.45, 2.75) is 32.2 Å². The van der Waals surface area contributed by atoms with Gasteiger partial charge in [0.15, 0.2) is 11.7 Å². The number of anilines is 1. The van der Waals surface area contributed by atoms with Crippen molar-refractivity contribution in [3.63, 3.8) is 0 Å². The Morgan fingerprint density at radius 2 is 2.23 bits per heavy atom. The molecule has 1 aromatic heterocycles. The van der Waals surface area contributed by atoms with Crippen molar-refractivity contribution in [1.82, 2.24) is 20.2 Å². The summed E-state index contributed by atoms with van der Waals surface area (Å²) < 4.78 is 0. The van der Waals surface area contributed by atoms with E-state index in [1.54, 1.807) is 6.33 Å². The fourth-order valence-corrected chi connectivity index (χ4v) is 3.77. The Morgan fingerprint density at radius 1 is 1.38 bits per heavy atom. The molecule has 138 valence electrons. The lowest BCUT2D eigenvalue weighted by atomic mass is 9.98. The van der Waals surface area contributed by atoms with Crippen LogP contribution in [0.1, 0.15) is 29.3 Å². The minimum absolute atomic E-state index is 0.358. The molecule has 1 saturated heterocycles. The molecule has 0 saturated carbocycles. The highest BCUT2D eigenvalue weighted by atomic mass is 15.3. The Hall–Kier alpha value is -2.42. The van der Waals surface area contributed by atoms with Crippen molar-refractivity contribution in [2.24, 2.45) is 16.5 Å². The molecule has 0 aliphatic carbocycles. The Labute approximate surface area is 153 Å². The Balaban J connectivity index is 1.59. The molecule has 1 aromatic carbocycles. The highest BCUT2D eigenvalue weighted by Crippen LogP contribution is 2.30. The highest BCUT2D eigenvalue weighted by Gasteiger charge is 2.34. The number of rotatable bonds is 3.